The Morgan fingerprint density at radius 1 is 1.40 bits per heavy atom. The van der Waals surface area contributed by atoms with Crippen molar-refractivity contribution in [2.45, 2.75) is 51.5 Å². The second-order valence-corrected chi connectivity index (χ2v) is 4.50. The monoisotopic (exact) mass is 207 g/mol. The molecule has 1 fully saturated rings. The maximum Gasteiger partial charge on any atom is 0.0853 e. The third-order valence-corrected chi connectivity index (χ3v) is 3.20. The van der Waals surface area contributed by atoms with Gasteiger partial charge in [0.2, 0.25) is 0 Å². The summed E-state index contributed by atoms with van der Waals surface area (Å²) in [6.45, 7) is 2.16. The van der Waals surface area contributed by atoms with E-state index >= 15 is 0 Å². The standard InChI is InChI=1S/C12H21N3/c1-3-11-12(9-15(2)14-11)13-10-7-5-4-6-8-10/h9-10,13H,3-8H2,1-2H3. The van der Waals surface area contributed by atoms with Gasteiger partial charge in [-0.15, -0.1) is 0 Å². The number of hydrogen-bond donors (Lipinski definition) is 1. The summed E-state index contributed by atoms with van der Waals surface area (Å²) in [5, 5.41) is 8.09. The summed E-state index contributed by atoms with van der Waals surface area (Å²) in [6.07, 6.45) is 9.91. The maximum absolute atomic E-state index is 4.45. The number of rotatable bonds is 3. The molecule has 0 amide bonds. The van der Waals surface area contributed by atoms with Gasteiger partial charge in [-0.25, -0.2) is 0 Å². The normalized spacial score (nSPS) is 18.0. The minimum absolute atomic E-state index is 0.674. The fraction of sp³-hybridized carbons (Fsp3) is 0.750. The Labute approximate surface area is 91.9 Å². The molecule has 1 heterocycles. The van der Waals surface area contributed by atoms with Crippen molar-refractivity contribution in [1.29, 1.82) is 0 Å². The molecule has 3 nitrogen and oxygen atoms in total. The van der Waals surface area contributed by atoms with Crippen molar-refractivity contribution in [2.24, 2.45) is 7.05 Å². The number of anilines is 1. The zero-order valence-corrected chi connectivity index (χ0v) is 9.79. The Kier molecular flexibility index (Phi) is 3.29. The molecule has 0 aromatic carbocycles. The van der Waals surface area contributed by atoms with Crippen LogP contribution in [0.4, 0.5) is 5.69 Å². The van der Waals surface area contributed by atoms with Gasteiger partial charge in [-0.2, -0.15) is 5.10 Å². The number of nitrogens with one attached hydrogen (secondary N) is 1. The lowest BCUT2D eigenvalue weighted by molar-refractivity contribution is 0.462. The summed E-state index contributed by atoms with van der Waals surface area (Å²) >= 11 is 0. The predicted octanol–water partition coefficient (Wildman–Crippen LogP) is 2.73. The maximum atomic E-state index is 4.45. The molecule has 0 saturated heterocycles. The van der Waals surface area contributed by atoms with E-state index in [1.807, 2.05) is 11.7 Å². The molecule has 0 atom stereocenters. The molecule has 0 aliphatic heterocycles. The Hall–Kier alpha value is -0.990. The molecule has 0 unspecified atom stereocenters. The van der Waals surface area contributed by atoms with Gasteiger partial charge in [0.1, 0.15) is 0 Å². The number of aromatic nitrogens is 2. The van der Waals surface area contributed by atoms with Gasteiger partial charge < -0.3 is 5.32 Å². The van der Waals surface area contributed by atoms with Gasteiger partial charge in [0.25, 0.3) is 0 Å². The van der Waals surface area contributed by atoms with Gasteiger partial charge >= 0.3 is 0 Å². The zero-order valence-electron chi connectivity index (χ0n) is 9.79. The molecule has 15 heavy (non-hydrogen) atoms. The van der Waals surface area contributed by atoms with E-state index in [0.29, 0.717) is 6.04 Å². The fourth-order valence-electron chi connectivity index (χ4n) is 2.38. The van der Waals surface area contributed by atoms with Gasteiger partial charge in [-0.3, -0.25) is 4.68 Å². The highest BCUT2D eigenvalue weighted by Crippen LogP contribution is 2.23. The van der Waals surface area contributed by atoms with Crippen molar-refractivity contribution in [1.82, 2.24) is 9.78 Å². The molecular formula is C12H21N3. The number of hydrogen-bond acceptors (Lipinski definition) is 2. The Morgan fingerprint density at radius 3 is 2.80 bits per heavy atom. The highest BCUT2D eigenvalue weighted by Gasteiger charge is 2.15. The quantitative estimate of drug-likeness (QED) is 0.826. The molecule has 0 bridgehead atoms. The zero-order chi connectivity index (χ0) is 10.7. The van der Waals surface area contributed by atoms with Gasteiger partial charge in [0.05, 0.1) is 11.4 Å². The summed E-state index contributed by atoms with van der Waals surface area (Å²) in [6, 6.07) is 0.674. The molecule has 0 radical (unpaired) electrons. The molecule has 1 aliphatic carbocycles. The van der Waals surface area contributed by atoms with Crippen LogP contribution in [-0.2, 0) is 13.5 Å². The molecule has 3 heteroatoms. The lowest BCUT2D eigenvalue weighted by atomic mass is 9.95. The van der Waals surface area contributed by atoms with Crippen molar-refractivity contribution >= 4 is 5.69 Å². The van der Waals surface area contributed by atoms with Crippen molar-refractivity contribution in [3.05, 3.63) is 11.9 Å². The number of aryl methyl sites for hydroxylation is 2. The molecule has 1 aliphatic rings. The van der Waals surface area contributed by atoms with Gasteiger partial charge in [0.15, 0.2) is 0 Å². The second-order valence-electron chi connectivity index (χ2n) is 4.50. The lowest BCUT2D eigenvalue weighted by Gasteiger charge is -2.23. The first kappa shape index (κ1) is 10.5. The smallest absolute Gasteiger partial charge is 0.0853 e. The van der Waals surface area contributed by atoms with Crippen LogP contribution in [0.5, 0.6) is 0 Å². The van der Waals surface area contributed by atoms with Crippen LogP contribution in [0.15, 0.2) is 6.20 Å². The largest absolute Gasteiger partial charge is 0.380 e. The van der Waals surface area contributed by atoms with Crippen molar-refractivity contribution in [2.75, 3.05) is 5.32 Å². The topological polar surface area (TPSA) is 29.9 Å². The van der Waals surface area contributed by atoms with Gasteiger partial charge in [-0.05, 0) is 19.3 Å². The lowest BCUT2D eigenvalue weighted by Crippen LogP contribution is -2.22. The third-order valence-electron chi connectivity index (χ3n) is 3.20. The van der Waals surface area contributed by atoms with E-state index in [4.69, 9.17) is 0 Å². The van der Waals surface area contributed by atoms with Crippen LogP contribution in [0.25, 0.3) is 0 Å². The van der Waals surface area contributed by atoms with E-state index in [1.165, 1.54) is 43.5 Å². The van der Waals surface area contributed by atoms with E-state index in [9.17, 15) is 0 Å². The SMILES string of the molecule is CCc1nn(C)cc1NC1CCCCC1. The molecule has 1 aromatic heterocycles. The van der Waals surface area contributed by atoms with E-state index in [0.717, 1.165) is 6.42 Å². The second kappa shape index (κ2) is 4.69. The van der Waals surface area contributed by atoms with E-state index in [2.05, 4.69) is 23.5 Å². The first-order chi connectivity index (χ1) is 7.29. The highest BCUT2D eigenvalue weighted by atomic mass is 15.3. The van der Waals surface area contributed by atoms with Crippen LogP contribution in [0.3, 0.4) is 0 Å². The Bertz CT molecular complexity index is 311. The summed E-state index contributed by atoms with van der Waals surface area (Å²) < 4.78 is 1.91. The molecule has 84 valence electrons. The average molecular weight is 207 g/mol. The summed E-state index contributed by atoms with van der Waals surface area (Å²) in [5.74, 6) is 0. The Morgan fingerprint density at radius 2 is 2.13 bits per heavy atom. The van der Waals surface area contributed by atoms with Gasteiger partial charge in [-0.1, -0.05) is 26.2 Å². The van der Waals surface area contributed by atoms with E-state index in [-0.39, 0.29) is 0 Å². The highest BCUT2D eigenvalue weighted by molar-refractivity contribution is 5.47. The van der Waals surface area contributed by atoms with Crippen molar-refractivity contribution in [3.63, 3.8) is 0 Å². The van der Waals surface area contributed by atoms with Crippen LogP contribution in [0, 0.1) is 0 Å². The summed E-state index contributed by atoms with van der Waals surface area (Å²) in [4.78, 5) is 0. The van der Waals surface area contributed by atoms with Crippen LogP contribution in [0.1, 0.15) is 44.7 Å². The van der Waals surface area contributed by atoms with Crippen molar-refractivity contribution < 1.29 is 0 Å². The van der Waals surface area contributed by atoms with Crippen LogP contribution in [0.2, 0.25) is 0 Å². The molecule has 1 saturated carbocycles. The molecule has 2 rings (SSSR count). The van der Waals surface area contributed by atoms with E-state index < -0.39 is 0 Å². The first-order valence-electron chi connectivity index (χ1n) is 6.08. The fourth-order valence-corrected chi connectivity index (χ4v) is 2.38. The van der Waals surface area contributed by atoms with Crippen LogP contribution in [-0.4, -0.2) is 15.8 Å². The average Bonchev–Trinajstić information content (AvgIpc) is 2.60. The third kappa shape index (κ3) is 2.52. The minimum Gasteiger partial charge on any atom is -0.380 e. The number of nitrogens with zero attached hydrogens (tertiary/aromatic N) is 2. The molecule has 0 spiro atoms. The van der Waals surface area contributed by atoms with Gasteiger partial charge in [0, 0.05) is 19.3 Å². The summed E-state index contributed by atoms with van der Waals surface area (Å²) in [5.41, 5.74) is 2.44. The van der Waals surface area contributed by atoms with Crippen LogP contribution >= 0.6 is 0 Å². The minimum atomic E-state index is 0.674. The van der Waals surface area contributed by atoms with E-state index in [1.54, 1.807) is 0 Å². The predicted molar refractivity (Wildman–Crippen MR) is 63.1 cm³/mol. The molecular weight excluding hydrogens is 186 g/mol. The Balaban J connectivity index is 2.02. The molecule has 1 aromatic rings. The summed E-state index contributed by atoms with van der Waals surface area (Å²) in [7, 11) is 1.99. The first-order valence-corrected chi connectivity index (χ1v) is 6.08. The molecule has 1 N–H and O–H groups in total. The van der Waals surface area contributed by atoms with Crippen LogP contribution < -0.4 is 5.32 Å². The van der Waals surface area contributed by atoms with Crippen molar-refractivity contribution in [3.8, 4) is 0 Å².